The van der Waals surface area contributed by atoms with Gasteiger partial charge in [0.2, 0.25) is 0 Å². The molecule has 196 valence electrons. The van der Waals surface area contributed by atoms with Crippen molar-refractivity contribution in [2.75, 3.05) is 54.0 Å². The SMILES string of the molecule is C.COC[C@]12CO[C@@H](C1OP(C)(=O)O)[C@H](C)O2.COC[C@]12CO[C@](C)(CC1OP(C)(=O)O)O2. The fourth-order valence-corrected chi connectivity index (χ4v) is 6.19. The van der Waals surface area contributed by atoms with E-state index >= 15 is 0 Å². The second kappa shape index (κ2) is 10.2. The van der Waals surface area contributed by atoms with Crippen LogP contribution in [-0.4, -0.2) is 105 Å². The van der Waals surface area contributed by atoms with Crippen LogP contribution >= 0.6 is 15.2 Å². The quantitative estimate of drug-likeness (QED) is 0.449. The Labute approximate surface area is 195 Å². The second-order valence-corrected chi connectivity index (χ2v) is 12.7. The fourth-order valence-electron chi connectivity index (χ4n) is 4.72. The van der Waals surface area contributed by atoms with Crippen molar-refractivity contribution in [3.63, 3.8) is 0 Å². The summed E-state index contributed by atoms with van der Waals surface area (Å²) in [5, 5.41) is 0. The van der Waals surface area contributed by atoms with E-state index in [2.05, 4.69) is 0 Å². The Morgan fingerprint density at radius 2 is 1.58 bits per heavy atom. The smallest absolute Gasteiger partial charge is 0.325 e. The van der Waals surface area contributed by atoms with Crippen LogP contribution in [0.5, 0.6) is 0 Å². The molecule has 12 nitrogen and oxygen atoms in total. The lowest BCUT2D eigenvalue weighted by molar-refractivity contribution is -0.158. The average Bonchev–Trinajstić information content (AvgIpc) is 3.27. The summed E-state index contributed by atoms with van der Waals surface area (Å²) in [6, 6.07) is 0. The predicted octanol–water partition coefficient (Wildman–Crippen LogP) is 1.76. The number of hydrogen-bond donors (Lipinski definition) is 2. The maximum Gasteiger partial charge on any atom is 0.325 e. The molecular weight excluding hydrogens is 482 g/mol. The van der Waals surface area contributed by atoms with E-state index < -0.39 is 44.4 Å². The van der Waals surface area contributed by atoms with E-state index in [1.54, 1.807) is 21.1 Å². The van der Waals surface area contributed by atoms with Gasteiger partial charge in [0, 0.05) is 34.0 Å². The molecule has 4 fully saturated rings. The van der Waals surface area contributed by atoms with Crippen molar-refractivity contribution in [3.8, 4) is 0 Å². The molecule has 0 aromatic heterocycles. The number of ether oxygens (including phenoxy) is 6. The molecule has 2 N–H and O–H groups in total. The lowest BCUT2D eigenvalue weighted by Crippen LogP contribution is -2.47. The van der Waals surface area contributed by atoms with Crippen LogP contribution in [0.15, 0.2) is 0 Å². The average molecular weight is 520 g/mol. The number of rotatable bonds is 8. The molecule has 9 atom stereocenters. The van der Waals surface area contributed by atoms with Crippen LogP contribution in [0, 0.1) is 0 Å². The Morgan fingerprint density at radius 1 is 1.00 bits per heavy atom. The number of hydrogen-bond acceptors (Lipinski definition) is 10. The van der Waals surface area contributed by atoms with Crippen molar-refractivity contribution in [2.45, 2.75) is 69.1 Å². The van der Waals surface area contributed by atoms with Gasteiger partial charge in [-0.15, -0.1) is 0 Å². The first-order chi connectivity index (χ1) is 14.7. The normalized spacial score (nSPS) is 44.5. The molecule has 4 aliphatic rings. The van der Waals surface area contributed by atoms with Crippen LogP contribution in [0.3, 0.4) is 0 Å². The Kier molecular flexibility index (Phi) is 9.06. The van der Waals surface area contributed by atoms with Gasteiger partial charge < -0.3 is 42.7 Å². The Balaban J connectivity index is 0.000000227. The first-order valence-electron chi connectivity index (χ1n) is 10.3. The Hall–Kier alpha value is 0.0600. The van der Waals surface area contributed by atoms with Gasteiger partial charge in [0.05, 0.1) is 32.5 Å². The molecule has 0 radical (unpaired) electrons. The first-order valence-corrected chi connectivity index (χ1v) is 14.3. The van der Waals surface area contributed by atoms with Crippen molar-refractivity contribution in [1.82, 2.24) is 0 Å². The standard InChI is InChI=1S/2C9H17O6P.CH4/c1-8-4-7(14-16(3,10)11)9(15-8,5-12-2)6-13-8;1-6-7-8(15-16(3,10)11)9(14-6,4-12-2)5-13-7;/h7H,4-6H2,1-3H3,(H,10,11);6-8H,4-5H2,1-3H3,(H,10,11);1H4/t7?,8-,9-;6-,7+,8?,9-;/m00./s1. The lowest BCUT2D eigenvalue weighted by atomic mass is 9.95. The zero-order valence-electron chi connectivity index (χ0n) is 19.2. The maximum atomic E-state index is 11.3. The molecule has 0 aromatic carbocycles. The minimum absolute atomic E-state index is 0. The number of methoxy groups -OCH3 is 2. The third-order valence-corrected chi connectivity index (χ3v) is 7.08. The van der Waals surface area contributed by atoms with Gasteiger partial charge in [-0.1, -0.05) is 7.43 Å². The molecule has 0 amide bonds. The minimum Gasteiger partial charge on any atom is -0.381 e. The largest absolute Gasteiger partial charge is 0.381 e. The molecule has 14 heteroatoms. The van der Waals surface area contributed by atoms with E-state index in [9.17, 15) is 18.9 Å². The third-order valence-electron chi connectivity index (χ3n) is 5.81. The van der Waals surface area contributed by atoms with Gasteiger partial charge in [-0.2, -0.15) is 0 Å². The van der Waals surface area contributed by atoms with Gasteiger partial charge in [-0.3, -0.25) is 13.7 Å². The van der Waals surface area contributed by atoms with Crippen LogP contribution in [-0.2, 0) is 46.6 Å². The van der Waals surface area contributed by atoms with Crippen molar-refractivity contribution >= 4 is 15.2 Å². The van der Waals surface area contributed by atoms with Crippen LogP contribution in [0.4, 0.5) is 0 Å². The van der Waals surface area contributed by atoms with E-state index in [0.717, 1.165) is 6.66 Å². The number of fused-ring (bicyclic) bond motifs is 4. The van der Waals surface area contributed by atoms with E-state index in [4.69, 9.17) is 37.5 Å². The van der Waals surface area contributed by atoms with Crippen molar-refractivity contribution in [3.05, 3.63) is 0 Å². The molecule has 4 bridgehead atoms. The molecule has 0 spiro atoms. The van der Waals surface area contributed by atoms with Gasteiger partial charge in [0.25, 0.3) is 0 Å². The van der Waals surface area contributed by atoms with Crippen molar-refractivity contribution < 1.29 is 56.4 Å². The molecular formula is C19H38O12P2. The summed E-state index contributed by atoms with van der Waals surface area (Å²) in [5.41, 5.74) is -1.49. The zero-order chi connectivity index (χ0) is 24.0. The maximum absolute atomic E-state index is 11.3. The van der Waals surface area contributed by atoms with E-state index in [0.29, 0.717) is 26.2 Å². The minimum atomic E-state index is -3.56. The molecule has 0 saturated carbocycles. The van der Waals surface area contributed by atoms with E-state index in [-0.39, 0.29) is 26.2 Å². The molecule has 33 heavy (non-hydrogen) atoms. The summed E-state index contributed by atoms with van der Waals surface area (Å²) >= 11 is 0. The summed E-state index contributed by atoms with van der Waals surface area (Å²) < 4.78 is 65.6. The Bertz CT molecular complexity index is 762. The fraction of sp³-hybridized carbons (Fsp3) is 1.00. The van der Waals surface area contributed by atoms with Gasteiger partial charge in [0.15, 0.2) is 5.79 Å². The summed E-state index contributed by atoms with van der Waals surface area (Å²) in [6.07, 6.45) is -1.01. The highest BCUT2D eigenvalue weighted by Crippen LogP contribution is 2.53. The van der Waals surface area contributed by atoms with Crippen LogP contribution in [0.2, 0.25) is 0 Å². The molecule has 0 aliphatic carbocycles. The second-order valence-electron chi connectivity index (χ2n) is 9.05. The molecule has 4 rings (SSSR count). The summed E-state index contributed by atoms with van der Waals surface area (Å²) in [5.74, 6) is -0.724. The molecule has 4 aliphatic heterocycles. The van der Waals surface area contributed by atoms with E-state index in [1.807, 2.05) is 6.92 Å². The highest BCUT2D eigenvalue weighted by Gasteiger charge is 2.63. The van der Waals surface area contributed by atoms with Gasteiger partial charge in [-0.25, -0.2) is 0 Å². The predicted molar refractivity (Wildman–Crippen MR) is 118 cm³/mol. The topological polar surface area (TPSA) is 148 Å². The highest BCUT2D eigenvalue weighted by atomic mass is 31.2. The molecule has 4 saturated heterocycles. The molecule has 4 heterocycles. The Morgan fingerprint density at radius 3 is 2.06 bits per heavy atom. The van der Waals surface area contributed by atoms with Crippen molar-refractivity contribution in [1.29, 1.82) is 0 Å². The van der Waals surface area contributed by atoms with Gasteiger partial charge >= 0.3 is 15.2 Å². The zero-order valence-corrected chi connectivity index (χ0v) is 21.0. The summed E-state index contributed by atoms with van der Waals surface area (Å²) in [7, 11) is -3.99. The van der Waals surface area contributed by atoms with E-state index in [1.165, 1.54) is 6.66 Å². The lowest BCUT2D eigenvalue weighted by Gasteiger charge is -2.31. The monoisotopic (exact) mass is 520 g/mol. The summed E-state index contributed by atoms with van der Waals surface area (Å²) in [4.78, 5) is 18.6. The highest BCUT2D eigenvalue weighted by molar-refractivity contribution is 7.52. The van der Waals surface area contributed by atoms with Crippen molar-refractivity contribution in [2.24, 2.45) is 0 Å². The summed E-state index contributed by atoms with van der Waals surface area (Å²) in [6.45, 7) is 7.22. The van der Waals surface area contributed by atoms with Crippen LogP contribution < -0.4 is 0 Å². The first kappa shape index (κ1) is 29.3. The molecule has 0 aromatic rings. The van der Waals surface area contributed by atoms with Gasteiger partial charge in [-0.05, 0) is 13.8 Å². The van der Waals surface area contributed by atoms with Crippen LogP contribution in [0.1, 0.15) is 27.7 Å². The molecule has 4 unspecified atom stereocenters. The van der Waals surface area contributed by atoms with Crippen LogP contribution in [0.25, 0.3) is 0 Å². The third kappa shape index (κ3) is 6.44. The van der Waals surface area contributed by atoms with Gasteiger partial charge in [0.1, 0.15) is 29.5 Å².